The summed E-state index contributed by atoms with van der Waals surface area (Å²) in [6, 6.07) is 0. The van der Waals surface area contributed by atoms with E-state index in [9.17, 15) is 4.79 Å². The molecule has 0 atom stereocenters. The van der Waals surface area contributed by atoms with Crippen LogP contribution in [-0.2, 0) is 9.53 Å². The number of carbonyl (C=O) groups is 1. The van der Waals surface area contributed by atoms with Crippen molar-refractivity contribution in [2.75, 3.05) is 53.5 Å². The first kappa shape index (κ1) is 21.9. The fraction of sp³-hybridized carbons (Fsp3) is 0.933. The zero-order valence-corrected chi connectivity index (χ0v) is 15.4. The third-order valence-corrected chi connectivity index (χ3v) is 4.85. The molecule has 2 aliphatic heterocycles. The Morgan fingerprint density at radius 3 is 2.41 bits per heavy atom. The predicted octanol–water partition coefficient (Wildman–Crippen LogP) is 1.30. The van der Waals surface area contributed by atoms with Crippen LogP contribution in [0.3, 0.4) is 0 Å². The molecule has 2 saturated heterocycles. The summed E-state index contributed by atoms with van der Waals surface area (Å²) in [6.07, 6.45) is 4.13. The van der Waals surface area contributed by atoms with E-state index >= 15 is 0 Å². The highest BCUT2D eigenvalue weighted by atomic mass is 35.5. The number of methoxy groups -OCH3 is 1. The molecular weight excluding hydrogens is 325 g/mol. The molecule has 2 N–H and O–H groups in total. The van der Waals surface area contributed by atoms with Gasteiger partial charge in [-0.1, -0.05) is 0 Å². The Morgan fingerprint density at radius 2 is 1.86 bits per heavy atom. The van der Waals surface area contributed by atoms with E-state index in [0.29, 0.717) is 12.5 Å². The summed E-state index contributed by atoms with van der Waals surface area (Å²) in [5.41, 5.74) is -0.314. The van der Waals surface area contributed by atoms with Gasteiger partial charge in [-0.3, -0.25) is 4.79 Å². The number of halogens is 2. The van der Waals surface area contributed by atoms with Crippen molar-refractivity contribution in [1.29, 1.82) is 0 Å². The van der Waals surface area contributed by atoms with Crippen molar-refractivity contribution in [2.24, 2.45) is 11.3 Å². The maximum absolute atomic E-state index is 12.6. The minimum atomic E-state index is -0.314. The zero-order chi connectivity index (χ0) is 14.4. The number of carbonyl (C=O) groups excluding carboxylic acids is 1. The van der Waals surface area contributed by atoms with E-state index in [0.717, 1.165) is 45.6 Å². The average Bonchev–Trinajstić information content (AvgIpc) is 2.47. The lowest BCUT2D eigenvalue weighted by Crippen LogP contribution is -2.51. The first-order valence-corrected chi connectivity index (χ1v) is 7.83. The molecule has 0 aromatic carbocycles. The number of likely N-dealkylation sites (tertiary alicyclic amines) is 1. The number of ether oxygens (including phenoxy) is 1. The second-order valence-electron chi connectivity index (χ2n) is 6.42. The minimum absolute atomic E-state index is 0. The maximum Gasteiger partial charge on any atom is 0.228 e. The standard InChI is InChI=1S/C15H29N3O2.2ClH/c1-18-9-3-13(4-10-18)11-17-14(19)15(12-20-2)5-7-16-8-6-15;;/h13,16H,3-12H2,1-2H3,(H,17,19);2*1H. The van der Waals surface area contributed by atoms with Crippen molar-refractivity contribution in [2.45, 2.75) is 25.7 Å². The van der Waals surface area contributed by atoms with E-state index in [-0.39, 0.29) is 36.1 Å². The van der Waals surface area contributed by atoms with Crippen LogP contribution in [0.5, 0.6) is 0 Å². The lowest BCUT2D eigenvalue weighted by atomic mass is 9.78. The summed E-state index contributed by atoms with van der Waals surface area (Å²) in [5, 5.41) is 6.52. The second kappa shape index (κ2) is 10.7. The van der Waals surface area contributed by atoms with Gasteiger partial charge in [-0.05, 0) is 64.8 Å². The Labute approximate surface area is 146 Å². The number of hydrogen-bond acceptors (Lipinski definition) is 4. The van der Waals surface area contributed by atoms with Crippen molar-refractivity contribution in [3.05, 3.63) is 0 Å². The number of nitrogens with one attached hydrogen (secondary N) is 2. The van der Waals surface area contributed by atoms with Crippen LogP contribution in [0.15, 0.2) is 0 Å². The Balaban J connectivity index is 0.00000220. The Hall–Kier alpha value is -0.0700. The largest absolute Gasteiger partial charge is 0.384 e. The lowest BCUT2D eigenvalue weighted by molar-refractivity contribution is -0.136. The van der Waals surface area contributed by atoms with E-state index in [4.69, 9.17) is 4.74 Å². The Morgan fingerprint density at radius 1 is 1.27 bits per heavy atom. The number of nitrogens with zero attached hydrogens (tertiary/aromatic N) is 1. The SMILES string of the molecule is COCC1(C(=O)NCC2CCN(C)CC2)CCNCC1.Cl.Cl. The Bertz CT molecular complexity index is 312. The molecular formula is C15H31Cl2N3O2. The maximum atomic E-state index is 12.6. The van der Waals surface area contributed by atoms with Crippen LogP contribution >= 0.6 is 24.8 Å². The first-order chi connectivity index (χ1) is 9.66. The van der Waals surface area contributed by atoms with Gasteiger partial charge in [-0.15, -0.1) is 24.8 Å². The smallest absolute Gasteiger partial charge is 0.228 e. The average molecular weight is 356 g/mol. The molecule has 7 heteroatoms. The number of piperidine rings is 2. The summed E-state index contributed by atoms with van der Waals surface area (Å²) in [5.74, 6) is 0.830. The van der Waals surface area contributed by atoms with E-state index in [1.165, 1.54) is 12.8 Å². The van der Waals surface area contributed by atoms with Gasteiger partial charge in [0.25, 0.3) is 0 Å². The topological polar surface area (TPSA) is 53.6 Å². The van der Waals surface area contributed by atoms with Gasteiger partial charge in [0.05, 0.1) is 12.0 Å². The number of rotatable bonds is 5. The van der Waals surface area contributed by atoms with Gasteiger partial charge in [0, 0.05) is 13.7 Å². The normalized spacial score (nSPS) is 22.3. The summed E-state index contributed by atoms with van der Waals surface area (Å²) in [6.45, 7) is 5.47. The molecule has 22 heavy (non-hydrogen) atoms. The van der Waals surface area contributed by atoms with Gasteiger partial charge >= 0.3 is 0 Å². The van der Waals surface area contributed by atoms with Crippen molar-refractivity contribution in [3.8, 4) is 0 Å². The zero-order valence-electron chi connectivity index (χ0n) is 13.7. The molecule has 0 saturated carbocycles. The molecule has 132 valence electrons. The van der Waals surface area contributed by atoms with E-state index in [2.05, 4.69) is 22.6 Å². The second-order valence-corrected chi connectivity index (χ2v) is 6.42. The van der Waals surface area contributed by atoms with Crippen molar-refractivity contribution < 1.29 is 9.53 Å². The summed E-state index contributed by atoms with van der Waals surface area (Å²) >= 11 is 0. The first-order valence-electron chi connectivity index (χ1n) is 7.83. The lowest BCUT2D eigenvalue weighted by Gasteiger charge is -2.36. The van der Waals surface area contributed by atoms with E-state index < -0.39 is 0 Å². The van der Waals surface area contributed by atoms with Crippen LogP contribution in [0, 0.1) is 11.3 Å². The number of amides is 1. The van der Waals surface area contributed by atoms with Gasteiger partial charge in [-0.25, -0.2) is 0 Å². The third-order valence-electron chi connectivity index (χ3n) is 4.85. The molecule has 2 heterocycles. The molecule has 0 aromatic rings. The highest BCUT2D eigenvalue weighted by Crippen LogP contribution is 2.29. The molecule has 1 amide bonds. The Kier molecular flexibility index (Phi) is 10.6. The van der Waals surface area contributed by atoms with Crippen LogP contribution < -0.4 is 10.6 Å². The molecule has 2 aliphatic rings. The van der Waals surface area contributed by atoms with Gasteiger partial charge in [-0.2, -0.15) is 0 Å². The highest BCUT2D eigenvalue weighted by Gasteiger charge is 2.39. The molecule has 0 aromatic heterocycles. The van der Waals surface area contributed by atoms with Crippen LogP contribution in [0.4, 0.5) is 0 Å². The molecule has 5 nitrogen and oxygen atoms in total. The predicted molar refractivity (Wildman–Crippen MR) is 94.1 cm³/mol. The molecule has 0 unspecified atom stereocenters. The van der Waals surface area contributed by atoms with Gasteiger partial charge in [0.15, 0.2) is 0 Å². The fourth-order valence-electron chi connectivity index (χ4n) is 3.31. The van der Waals surface area contributed by atoms with Crippen molar-refractivity contribution >= 4 is 30.7 Å². The quantitative estimate of drug-likeness (QED) is 0.780. The summed E-state index contributed by atoms with van der Waals surface area (Å²) < 4.78 is 5.32. The van der Waals surface area contributed by atoms with Gasteiger partial charge < -0.3 is 20.3 Å². The summed E-state index contributed by atoms with van der Waals surface area (Å²) in [7, 11) is 3.85. The monoisotopic (exact) mass is 355 g/mol. The molecule has 2 rings (SSSR count). The van der Waals surface area contributed by atoms with Gasteiger partial charge in [0.2, 0.25) is 5.91 Å². The molecule has 0 radical (unpaired) electrons. The highest BCUT2D eigenvalue weighted by molar-refractivity contribution is 5.85. The summed E-state index contributed by atoms with van der Waals surface area (Å²) in [4.78, 5) is 14.9. The number of hydrogen-bond donors (Lipinski definition) is 2. The van der Waals surface area contributed by atoms with Crippen LogP contribution in [-0.4, -0.2) is 64.3 Å². The van der Waals surface area contributed by atoms with E-state index in [1.54, 1.807) is 7.11 Å². The fourth-order valence-corrected chi connectivity index (χ4v) is 3.31. The molecule has 0 spiro atoms. The molecule has 0 bridgehead atoms. The van der Waals surface area contributed by atoms with E-state index in [1.807, 2.05) is 0 Å². The van der Waals surface area contributed by atoms with Crippen molar-refractivity contribution in [3.63, 3.8) is 0 Å². The van der Waals surface area contributed by atoms with Gasteiger partial charge in [0.1, 0.15) is 0 Å². The molecule has 2 fully saturated rings. The van der Waals surface area contributed by atoms with Crippen LogP contribution in [0.1, 0.15) is 25.7 Å². The molecule has 0 aliphatic carbocycles. The van der Waals surface area contributed by atoms with Crippen LogP contribution in [0.2, 0.25) is 0 Å². The van der Waals surface area contributed by atoms with Crippen LogP contribution in [0.25, 0.3) is 0 Å². The minimum Gasteiger partial charge on any atom is -0.384 e. The third kappa shape index (κ3) is 5.85. The van der Waals surface area contributed by atoms with Crippen molar-refractivity contribution in [1.82, 2.24) is 15.5 Å².